The monoisotopic (exact) mass is 381 g/mol. The average molecular weight is 382 g/mol. The quantitative estimate of drug-likeness (QED) is 0.698. The van der Waals surface area contributed by atoms with E-state index in [1.54, 1.807) is 35.3 Å². The molecule has 3 aromatic rings. The van der Waals surface area contributed by atoms with Crippen molar-refractivity contribution in [2.75, 3.05) is 12.3 Å². The van der Waals surface area contributed by atoms with Crippen molar-refractivity contribution in [2.45, 2.75) is 13.0 Å². The van der Waals surface area contributed by atoms with Crippen LogP contribution in [0.5, 0.6) is 0 Å². The summed E-state index contributed by atoms with van der Waals surface area (Å²) >= 11 is 5.80. The number of nitrogens with two attached hydrogens (primary N) is 1. The molecular formula is C19H16ClN5O2. The number of halogens is 1. The smallest absolute Gasteiger partial charge is 0.251 e. The van der Waals surface area contributed by atoms with Crippen LogP contribution in [0.1, 0.15) is 17.7 Å². The molecule has 0 amide bonds. The number of hydrogen-bond donors (Lipinski definition) is 1. The van der Waals surface area contributed by atoms with Crippen molar-refractivity contribution in [2.24, 2.45) is 0 Å². The molecule has 3 aromatic heterocycles. The lowest BCUT2D eigenvalue weighted by Gasteiger charge is -2.11. The van der Waals surface area contributed by atoms with Crippen molar-refractivity contribution in [1.29, 1.82) is 0 Å². The van der Waals surface area contributed by atoms with Gasteiger partial charge in [-0.05, 0) is 29.3 Å². The fraction of sp³-hybridized carbons (Fsp3) is 0.158. The molecule has 4 rings (SSSR count). The molecule has 0 saturated carbocycles. The van der Waals surface area contributed by atoms with Crippen molar-refractivity contribution in [1.82, 2.24) is 19.5 Å². The molecule has 27 heavy (non-hydrogen) atoms. The molecule has 0 unspecified atom stereocenters. The lowest BCUT2D eigenvalue weighted by Crippen LogP contribution is -2.19. The van der Waals surface area contributed by atoms with Crippen molar-refractivity contribution in [3.8, 4) is 11.1 Å². The Morgan fingerprint density at radius 2 is 2.11 bits per heavy atom. The van der Waals surface area contributed by atoms with Gasteiger partial charge in [-0.1, -0.05) is 17.7 Å². The minimum atomic E-state index is -0.147. The minimum absolute atomic E-state index is 0.147. The molecule has 0 aromatic carbocycles. The van der Waals surface area contributed by atoms with Crippen LogP contribution < -0.4 is 11.3 Å². The Balaban J connectivity index is 1.69. The second-order valence-electron chi connectivity index (χ2n) is 6.07. The number of anilines is 1. The van der Waals surface area contributed by atoms with Gasteiger partial charge in [0.25, 0.3) is 5.56 Å². The van der Waals surface area contributed by atoms with Crippen LogP contribution in [0, 0.1) is 0 Å². The van der Waals surface area contributed by atoms with E-state index in [4.69, 9.17) is 22.1 Å². The Hall–Kier alpha value is -3.19. The first-order valence-electron chi connectivity index (χ1n) is 8.37. The summed E-state index contributed by atoms with van der Waals surface area (Å²) in [7, 11) is 0. The third-order valence-electron chi connectivity index (χ3n) is 4.19. The highest BCUT2D eigenvalue weighted by atomic mass is 35.5. The van der Waals surface area contributed by atoms with Crippen LogP contribution in [0.3, 0.4) is 0 Å². The highest BCUT2D eigenvalue weighted by Gasteiger charge is 2.17. The molecule has 0 saturated heterocycles. The molecule has 4 heterocycles. The van der Waals surface area contributed by atoms with Crippen LogP contribution in [0.25, 0.3) is 16.9 Å². The van der Waals surface area contributed by atoms with Gasteiger partial charge in [-0.15, -0.1) is 0 Å². The summed E-state index contributed by atoms with van der Waals surface area (Å²) in [6.07, 6.45) is 7.77. The van der Waals surface area contributed by atoms with Gasteiger partial charge in [0.2, 0.25) is 5.95 Å². The minimum Gasteiger partial charge on any atom is -0.491 e. The van der Waals surface area contributed by atoms with E-state index in [-0.39, 0.29) is 11.5 Å². The Morgan fingerprint density at radius 3 is 2.81 bits per heavy atom. The van der Waals surface area contributed by atoms with Crippen LogP contribution in [0.2, 0.25) is 5.15 Å². The molecule has 8 heteroatoms. The van der Waals surface area contributed by atoms with Crippen LogP contribution in [-0.4, -0.2) is 26.1 Å². The first-order chi connectivity index (χ1) is 13.1. The van der Waals surface area contributed by atoms with Crippen molar-refractivity contribution >= 4 is 23.3 Å². The van der Waals surface area contributed by atoms with Crippen LogP contribution in [0.4, 0.5) is 5.95 Å². The lowest BCUT2D eigenvalue weighted by molar-refractivity contribution is 0.306. The van der Waals surface area contributed by atoms with Gasteiger partial charge in [-0.2, -0.15) is 0 Å². The number of hydrogen-bond acceptors (Lipinski definition) is 6. The number of aromatic nitrogens is 4. The lowest BCUT2D eigenvalue weighted by atomic mass is 10.1. The molecule has 2 N–H and O–H groups in total. The zero-order valence-electron chi connectivity index (χ0n) is 14.3. The van der Waals surface area contributed by atoms with Crippen molar-refractivity contribution in [3.63, 3.8) is 0 Å². The topological polar surface area (TPSA) is 95.9 Å². The Kier molecular flexibility index (Phi) is 4.60. The molecule has 0 fully saturated rings. The first-order valence-corrected chi connectivity index (χ1v) is 8.75. The van der Waals surface area contributed by atoms with Gasteiger partial charge >= 0.3 is 0 Å². The Morgan fingerprint density at radius 1 is 1.22 bits per heavy atom. The summed E-state index contributed by atoms with van der Waals surface area (Å²) in [5.41, 5.74) is 8.48. The van der Waals surface area contributed by atoms with Gasteiger partial charge in [-0.25, -0.2) is 15.0 Å². The summed E-state index contributed by atoms with van der Waals surface area (Å²) in [5.74, 6) is 0.823. The van der Waals surface area contributed by atoms with E-state index in [1.807, 2.05) is 18.2 Å². The predicted molar refractivity (Wildman–Crippen MR) is 103 cm³/mol. The molecular weight excluding hydrogens is 366 g/mol. The van der Waals surface area contributed by atoms with Gasteiger partial charge in [0, 0.05) is 36.6 Å². The molecule has 0 bridgehead atoms. The second-order valence-corrected chi connectivity index (χ2v) is 6.45. The van der Waals surface area contributed by atoms with E-state index in [0.717, 1.165) is 12.0 Å². The predicted octanol–water partition coefficient (Wildman–Crippen LogP) is 2.75. The SMILES string of the molecule is Nc1ncc(-c2ccn(Cc3ccc(Cl)nc3)c(=O)c2)c(C2=CCCO2)n1. The maximum atomic E-state index is 12.6. The summed E-state index contributed by atoms with van der Waals surface area (Å²) in [6.45, 7) is 1.01. The van der Waals surface area contributed by atoms with Crippen LogP contribution in [0.15, 0.2) is 53.7 Å². The molecule has 136 valence electrons. The van der Waals surface area contributed by atoms with E-state index in [9.17, 15) is 4.79 Å². The van der Waals surface area contributed by atoms with E-state index < -0.39 is 0 Å². The van der Waals surface area contributed by atoms with Gasteiger partial charge in [0.15, 0.2) is 0 Å². The number of pyridine rings is 2. The highest BCUT2D eigenvalue weighted by molar-refractivity contribution is 6.29. The Labute approximate surface area is 160 Å². The number of ether oxygens (including phenoxy) is 1. The van der Waals surface area contributed by atoms with Gasteiger partial charge in [0.05, 0.1) is 13.2 Å². The molecule has 0 radical (unpaired) electrons. The summed E-state index contributed by atoms with van der Waals surface area (Å²) in [6, 6.07) is 6.94. The molecule has 0 atom stereocenters. The fourth-order valence-corrected chi connectivity index (χ4v) is 2.99. The third-order valence-corrected chi connectivity index (χ3v) is 4.42. The van der Waals surface area contributed by atoms with E-state index >= 15 is 0 Å². The summed E-state index contributed by atoms with van der Waals surface area (Å²) in [4.78, 5) is 25.0. The number of nitrogen functional groups attached to an aromatic ring is 1. The largest absolute Gasteiger partial charge is 0.491 e. The molecule has 0 spiro atoms. The normalized spacial score (nSPS) is 13.3. The van der Waals surface area contributed by atoms with Gasteiger partial charge < -0.3 is 15.0 Å². The maximum Gasteiger partial charge on any atom is 0.251 e. The van der Waals surface area contributed by atoms with Crippen molar-refractivity contribution in [3.05, 3.63) is 75.7 Å². The molecule has 1 aliphatic heterocycles. The van der Waals surface area contributed by atoms with E-state index in [2.05, 4.69) is 15.0 Å². The van der Waals surface area contributed by atoms with Gasteiger partial charge in [-0.3, -0.25) is 4.79 Å². The maximum absolute atomic E-state index is 12.6. The van der Waals surface area contributed by atoms with Crippen molar-refractivity contribution < 1.29 is 4.74 Å². The van der Waals surface area contributed by atoms with Gasteiger partial charge in [0.1, 0.15) is 16.6 Å². The van der Waals surface area contributed by atoms with Crippen LogP contribution >= 0.6 is 11.6 Å². The van der Waals surface area contributed by atoms with Crippen LogP contribution in [-0.2, 0) is 11.3 Å². The fourth-order valence-electron chi connectivity index (χ4n) is 2.88. The first kappa shape index (κ1) is 17.2. The third kappa shape index (κ3) is 3.68. The molecule has 0 aliphatic carbocycles. The average Bonchev–Trinajstić information content (AvgIpc) is 3.20. The highest BCUT2D eigenvalue weighted by Crippen LogP contribution is 2.29. The summed E-state index contributed by atoms with van der Waals surface area (Å²) in [5, 5.41) is 0.417. The zero-order valence-corrected chi connectivity index (χ0v) is 15.1. The molecule has 1 aliphatic rings. The summed E-state index contributed by atoms with van der Waals surface area (Å²) < 4.78 is 7.21. The van der Waals surface area contributed by atoms with E-state index in [0.29, 0.717) is 40.9 Å². The Bertz CT molecular complexity index is 1080. The molecule has 7 nitrogen and oxygen atoms in total. The number of nitrogens with zero attached hydrogens (tertiary/aromatic N) is 4. The zero-order chi connectivity index (χ0) is 18.8. The standard InChI is InChI=1S/C19H16ClN5O2/c20-16-4-3-12(9-22-16)11-25-6-5-13(8-17(25)26)14-10-23-19(21)24-18(14)15-2-1-7-27-15/h2-6,8-10H,1,7,11H2,(H2,21,23,24). The van der Waals surface area contributed by atoms with E-state index in [1.165, 1.54) is 0 Å². The second kappa shape index (κ2) is 7.20. The number of rotatable bonds is 4.